The molecule has 0 atom stereocenters. The highest BCUT2D eigenvalue weighted by Crippen LogP contribution is 2.14. The van der Waals surface area contributed by atoms with Gasteiger partial charge in [-0.3, -0.25) is 4.79 Å². The average molecular weight is 432 g/mol. The van der Waals surface area contributed by atoms with Crippen molar-refractivity contribution in [2.24, 2.45) is 0 Å². The van der Waals surface area contributed by atoms with Crippen LogP contribution >= 0.6 is 11.8 Å². The summed E-state index contributed by atoms with van der Waals surface area (Å²) in [6.45, 7) is 6.19. The van der Waals surface area contributed by atoms with Crippen molar-refractivity contribution in [3.05, 3.63) is 41.5 Å². The first-order valence-electron chi connectivity index (χ1n) is 10.3. The Bertz CT molecular complexity index is 831. The number of nitrogens with zero attached hydrogens (tertiary/aromatic N) is 3. The van der Waals surface area contributed by atoms with Crippen LogP contribution in [0.3, 0.4) is 0 Å². The normalized spacial score (nSPS) is 14.0. The number of aryl methyl sites for hydroxylation is 1. The summed E-state index contributed by atoms with van der Waals surface area (Å²) in [5.41, 5.74) is 1.64. The van der Waals surface area contributed by atoms with E-state index in [1.807, 2.05) is 54.8 Å². The van der Waals surface area contributed by atoms with Crippen molar-refractivity contribution in [2.45, 2.75) is 39.0 Å². The van der Waals surface area contributed by atoms with Crippen molar-refractivity contribution in [3.8, 4) is 0 Å². The summed E-state index contributed by atoms with van der Waals surface area (Å²) >= 11 is 1.89. The van der Waals surface area contributed by atoms with Crippen LogP contribution in [-0.4, -0.2) is 58.1 Å². The molecule has 0 unspecified atom stereocenters. The van der Waals surface area contributed by atoms with Crippen LogP contribution < -0.4 is 10.6 Å². The number of amides is 3. The van der Waals surface area contributed by atoms with Gasteiger partial charge in [-0.2, -0.15) is 16.7 Å². The van der Waals surface area contributed by atoms with E-state index in [9.17, 15) is 9.59 Å². The molecule has 1 saturated heterocycles. The molecule has 1 aliphatic heterocycles. The van der Waals surface area contributed by atoms with Gasteiger partial charge in [0.15, 0.2) is 5.82 Å². The van der Waals surface area contributed by atoms with Crippen LogP contribution in [0.4, 0.5) is 10.5 Å². The highest BCUT2D eigenvalue weighted by atomic mass is 32.2. The van der Waals surface area contributed by atoms with E-state index < -0.39 is 0 Å². The number of anilines is 1. The van der Waals surface area contributed by atoms with Crippen LogP contribution in [0.2, 0.25) is 0 Å². The first kappa shape index (κ1) is 22.1. The van der Waals surface area contributed by atoms with Gasteiger partial charge in [0.1, 0.15) is 0 Å². The number of thioether (sulfide) groups is 1. The average Bonchev–Trinajstić information content (AvgIpc) is 3.23. The maximum atomic E-state index is 12.3. The lowest BCUT2D eigenvalue weighted by atomic mass is 10.1. The largest absolute Gasteiger partial charge is 0.341 e. The third-order valence-corrected chi connectivity index (χ3v) is 5.73. The number of nitrogens with one attached hydrogen (secondary N) is 2. The van der Waals surface area contributed by atoms with Gasteiger partial charge in [-0.1, -0.05) is 31.1 Å². The van der Waals surface area contributed by atoms with Gasteiger partial charge in [-0.15, -0.1) is 0 Å². The van der Waals surface area contributed by atoms with Crippen LogP contribution in [0.25, 0.3) is 0 Å². The van der Waals surface area contributed by atoms with E-state index in [4.69, 9.17) is 4.52 Å². The molecule has 2 N–H and O–H groups in total. The Labute approximate surface area is 181 Å². The first-order valence-corrected chi connectivity index (χ1v) is 11.5. The number of hydrogen-bond acceptors (Lipinski definition) is 6. The van der Waals surface area contributed by atoms with Crippen LogP contribution in [0.1, 0.15) is 43.5 Å². The third-order valence-electron chi connectivity index (χ3n) is 4.78. The zero-order valence-corrected chi connectivity index (χ0v) is 18.3. The SMILES string of the molecule is CC(C)c1noc(CCCNC(=O)Nc2ccc(CC(=O)N3CCSCC3)cc2)n1. The van der Waals surface area contributed by atoms with Gasteiger partial charge in [0.25, 0.3) is 0 Å². The maximum Gasteiger partial charge on any atom is 0.319 e. The van der Waals surface area contributed by atoms with Crippen molar-refractivity contribution >= 4 is 29.4 Å². The minimum Gasteiger partial charge on any atom is -0.341 e. The standard InChI is InChI=1S/C21H29N5O3S/c1-15(2)20-24-18(29-25-20)4-3-9-22-21(28)23-17-7-5-16(6-8-17)14-19(27)26-10-12-30-13-11-26/h5-8,15H,3-4,9-14H2,1-2H3,(H2,22,23,28). The van der Waals surface area contributed by atoms with E-state index >= 15 is 0 Å². The van der Waals surface area contributed by atoms with E-state index in [0.29, 0.717) is 43.2 Å². The minimum atomic E-state index is -0.266. The monoisotopic (exact) mass is 431 g/mol. The predicted molar refractivity (Wildman–Crippen MR) is 118 cm³/mol. The second-order valence-electron chi connectivity index (χ2n) is 7.55. The molecule has 3 amide bonds. The fraction of sp³-hybridized carbons (Fsp3) is 0.524. The fourth-order valence-corrected chi connectivity index (χ4v) is 3.93. The van der Waals surface area contributed by atoms with Gasteiger partial charge >= 0.3 is 6.03 Å². The zero-order valence-electron chi connectivity index (χ0n) is 17.5. The molecule has 0 bridgehead atoms. The second-order valence-corrected chi connectivity index (χ2v) is 8.78. The molecule has 1 aromatic heterocycles. The van der Waals surface area contributed by atoms with Gasteiger partial charge < -0.3 is 20.1 Å². The Hall–Kier alpha value is -2.55. The molecule has 0 radical (unpaired) electrons. The van der Waals surface area contributed by atoms with E-state index in [1.54, 1.807) is 0 Å². The third kappa shape index (κ3) is 6.76. The Balaban J connectivity index is 1.36. The minimum absolute atomic E-state index is 0.163. The van der Waals surface area contributed by atoms with E-state index in [0.717, 1.165) is 30.2 Å². The predicted octanol–water partition coefficient (Wildman–Crippen LogP) is 3.07. The van der Waals surface area contributed by atoms with Crippen molar-refractivity contribution in [2.75, 3.05) is 36.5 Å². The maximum absolute atomic E-state index is 12.3. The molecule has 0 saturated carbocycles. The molecule has 30 heavy (non-hydrogen) atoms. The van der Waals surface area contributed by atoms with Crippen LogP contribution in [0.5, 0.6) is 0 Å². The summed E-state index contributed by atoms with van der Waals surface area (Å²) in [6.07, 6.45) is 1.73. The number of urea groups is 1. The molecule has 3 rings (SSSR count). The quantitative estimate of drug-likeness (QED) is 0.623. The molecule has 1 aromatic carbocycles. The Kier molecular flexibility index (Phi) is 8.12. The summed E-state index contributed by atoms with van der Waals surface area (Å²) in [4.78, 5) is 30.6. The molecular formula is C21H29N5O3S. The molecule has 1 fully saturated rings. The summed E-state index contributed by atoms with van der Waals surface area (Å²) in [5.74, 6) is 3.72. The van der Waals surface area contributed by atoms with E-state index in [2.05, 4.69) is 20.8 Å². The van der Waals surface area contributed by atoms with Crippen molar-refractivity contribution in [3.63, 3.8) is 0 Å². The highest BCUT2D eigenvalue weighted by molar-refractivity contribution is 7.99. The smallest absolute Gasteiger partial charge is 0.319 e. The molecule has 2 heterocycles. The zero-order chi connectivity index (χ0) is 21.3. The molecule has 162 valence electrons. The lowest BCUT2D eigenvalue weighted by molar-refractivity contribution is -0.130. The summed E-state index contributed by atoms with van der Waals surface area (Å²) in [6, 6.07) is 7.14. The first-order chi connectivity index (χ1) is 14.5. The van der Waals surface area contributed by atoms with Crippen LogP contribution in [0, 0.1) is 0 Å². The molecular weight excluding hydrogens is 402 g/mol. The Morgan fingerprint density at radius 3 is 2.60 bits per heavy atom. The molecule has 2 aromatic rings. The summed E-state index contributed by atoms with van der Waals surface area (Å²) in [5, 5.41) is 9.55. The lowest BCUT2D eigenvalue weighted by Crippen LogP contribution is -2.38. The molecule has 0 spiro atoms. The van der Waals surface area contributed by atoms with E-state index in [1.165, 1.54) is 0 Å². The van der Waals surface area contributed by atoms with Crippen molar-refractivity contribution in [1.82, 2.24) is 20.4 Å². The highest BCUT2D eigenvalue weighted by Gasteiger charge is 2.16. The number of rotatable bonds is 8. The number of carbonyl (C=O) groups is 2. The lowest BCUT2D eigenvalue weighted by Gasteiger charge is -2.26. The molecule has 8 nitrogen and oxygen atoms in total. The summed E-state index contributed by atoms with van der Waals surface area (Å²) in [7, 11) is 0. The Morgan fingerprint density at radius 1 is 1.20 bits per heavy atom. The number of hydrogen-bond donors (Lipinski definition) is 2. The van der Waals surface area contributed by atoms with Crippen LogP contribution in [-0.2, 0) is 17.6 Å². The van der Waals surface area contributed by atoms with Crippen LogP contribution in [0.15, 0.2) is 28.8 Å². The second kappa shape index (κ2) is 11.0. The molecule has 1 aliphatic rings. The van der Waals surface area contributed by atoms with Crippen molar-refractivity contribution < 1.29 is 14.1 Å². The fourth-order valence-electron chi connectivity index (χ4n) is 3.03. The Morgan fingerprint density at radius 2 is 1.93 bits per heavy atom. The number of benzene rings is 1. The number of carbonyl (C=O) groups excluding carboxylic acids is 2. The van der Waals surface area contributed by atoms with Gasteiger partial charge in [0.05, 0.1) is 6.42 Å². The topological polar surface area (TPSA) is 100 Å². The van der Waals surface area contributed by atoms with E-state index in [-0.39, 0.29) is 17.9 Å². The van der Waals surface area contributed by atoms with Gasteiger partial charge in [-0.05, 0) is 24.1 Å². The molecule has 9 heteroatoms. The van der Waals surface area contributed by atoms with Crippen molar-refractivity contribution in [1.29, 1.82) is 0 Å². The number of aromatic nitrogens is 2. The molecule has 0 aliphatic carbocycles. The van der Waals surface area contributed by atoms with Gasteiger partial charge in [0, 0.05) is 49.2 Å². The van der Waals surface area contributed by atoms with Gasteiger partial charge in [-0.25, -0.2) is 4.79 Å². The van der Waals surface area contributed by atoms with Gasteiger partial charge in [0.2, 0.25) is 11.8 Å². The summed E-state index contributed by atoms with van der Waals surface area (Å²) < 4.78 is 5.19.